The molecule has 0 aliphatic heterocycles. The molecule has 1 heterocycles. The fourth-order valence-corrected chi connectivity index (χ4v) is 2.39. The molecule has 0 amide bonds. The molecule has 0 saturated carbocycles. The van der Waals surface area contributed by atoms with Crippen LogP contribution in [0.2, 0.25) is 0 Å². The fraction of sp³-hybridized carbons (Fsp3) is 0.417. The van der Waals surface area contributed by atoms with Crippen LogP contribution in [0.4, 0.5) is 4.39 Å². The average molecular weight is 266 g/mol. The van der Waals surface area contributed by atoms with Crippen molar-refractivity contribution in [2.75, 3.05) is 0 Å². The predicted octanol–water partition coefficient (Wildman–Crippen LogP) is 2.76. The van der Waals surface area contributed by atoms with E-state index in [4.69, 9.17) is 0 Å². The zero-order valence-electron chi connectivity index (χ0n) is 10.4. The molecular formula is C12H15FN4S. The van der Waals surface area contributed by atoms with Gasteiger partial charge in [-0.05, 0) is 28.0 Å². The van der Waals surface area contributed by atoms with Crippen LogP contribution in [0, 0.1) is 11.7 Å². The van der Waals surface area contributed by atoms with Crippen molar-refractivity contribution in [3.63, 3.8) is 0 Å². The molecule has 0 unspecified atom stereocenters. The highest BCUT2D eigenvalue weighted by Crippen LogP contribution is 2.21. The quantitative estimate of drug-likeness (QED) is 0.781. The normalized spacial score (nSPS) is 11.1. The van der Waals surface area contributed by atoms with Gasteiger partial charge in [-0.2, -0.15) is 0 Å². The molecule has 0 spiro atoms. The second-order valence-corrected chi connectivity index (χ2v) is 5.36. The third kappa shape index (κ3) is 3.29. The van der Waals surface area contributed by atoms with E-state index in [0.717, 1.165) is 11.7 Å². The summed E-state index contributed by atoms with van der Waals surface area (Å²) < 4.78 is 15.2. The van der Waals surface area contributed by atoms with E-state index >= 15 is 0 Å². The Morgan fingerprint density at radius 3 is 2.83 bits per heavy atom. The Kier molecular flexibility index (Phi) is 4.30. The number of tetrazole rings is 1. The molecule has 0 aliphatic carbocycles. The van der Waals surface area contributed by atoms with Crippen molar-refractivity contribution >= 4 is 11.8 Å². The lowest BCUT2D eigenvalue weighted by molar-refractivity contribution is 0.445. The van der Waals surface area contributed by atoms with E-state index in [1.165, 1.54) is 17.8 Å². The molecule has 0 N–H and O–H groups in total. The zero-order chi connectivity index (χ0) is 13.0. The third-order valence-electron chi connectivity index (χ3n) is 2.35. The largest absolute Gasteiger partial charge is 0.220 e. The molecule has 1 aromatic carbocycles. The van der Waals surface area contributed by atoms with Crippen molar-refractivity contribution < 1.29 is 4.39 Å². The van der Waals surface area contributed by atoms with Crippen LogP contribution in [-0.2, 0) is 12.3 Å². The molecule has 0 fully saturated rings. The molecule has 0 atom stereocenters. The second-order valence-electron chi connectivity index (χ2n) is 4.42. The number of benzene rings is 1. The summed E-state index contributed by atoms with van der Waals surface area (Å²) in [7, 11) is 0. The van der Waals surface area contributed by atoms with E-state index < -0.39 is 0 Å². The lowest BCUT2D eigenvalue weighted by Gasteiger charge is -2.06. The summed E-state index contributed by atoms with van der Waals surface area (Å²) in [6.07, 6.45) is 0. The van der Waals surface area contributed by atoms with E-state index in [1.807, 2.05) is 6.07 Å². The van der Waals surface area contributed by atoms with Crippen molar-refractivity contribution in [1.29, 1.82) is 0 Å². The SMILES string of the molecule is CC(C)Cn1nnnc1SCc1ccccc1F. The Labute approximate surface area is 110 Å². The second kappa shape index (κ2) is 5.95. The fourth-order valence-electron chi connectivity index (χ4n) is 1.52. The number of halogens is 1. The van der Waals surface area contributed by atoms with E-state index in [-0.39, 0.29) is 5.82 Å². The van der Waals surface area contributed by atoms with Crippen LogP contribution in [0.5, 0.6) is 0 Å². The predicted molar refractivity (Wildman–Crippen MR) is 68.6 cm³/mol. The number of hydrogen-bond donors (Lipinski definition) is 0. The first kappa shape index (κ1) is 13.0. The molecule has 2 rings (SSSR count). The highest BCUT2D eigenvalue weighted by atomic mass is 32.2. The molecule has 0 bridgehead atoms. The molecule has 0 radical (unpaired) electrons. The number of hydrogen-bond acceptors (Lipinski definition) is 4. The van der Waals surface area contributed by atoms with Crippen LogP contribution < -0.4 is 0 Å². The van der Waals surface area contributed by atoms with Gasteiger partial charge >= 0.3 is 0 Å². The molecular weight excluding hydrogens is 251 g/mol. The van der Waals surface area contributed by atoms with E-state index in [0.29, 0.717) is 17.2 Å². The van der Waals surface area contributed by atoms with E-state index in [9.17, 15) is 4.39 Å². The highest BCUT2D eigenvalue weighted by molar-refractivity contribution is 7.98. The average Bonchev–Trinajstić information content (AvgIpc) is 2.75. The minimum atomic E-state index is -0.187. The third-order valence-corrected chi connectivity index (χ3v) is 3.36. The van der Waals surface area contributed by atoms with E-state index in [1.54, 1.807) is 16.8 Å². The minimum absolute atomic E-state index is 0.187. The van der Waals surface area contributed by atoms with Gasteiger partial charge < -0.3 is 0 Å². The Morgan fingerprint density at radius 2 is 2.11 bits per heavy atom. The van der Waals surface area contributed by atoms with Crippen molar-refractivity contribution in [2.45, 2.75) is 31.3 Å². The minimum Gasteiger partial charge on any atom is -0.220 e. The molecule has 1 aromatic heterocycles. The molecule has 0 aliphatic rings. The van der Waals surface area contributed by atoms with E-state index in [2.05, 4.69) is 29.4 Å². The maximum atomic E-state index is 13.5. The molecule has 18 heavy (non-hydrogen) atoms. The molecule has 0 saturated heterocycles. The maximum absolute atomic E-state index is 13.5. The summed E-state index contributed by atoms with van der Waals surface area (Å²) in [6, 6.07) is 6.76. The van der Waals surface area contributed by atoms with Gasteiger partial charge in [0.25, 0.3) is 0 Å². The van der Waals surface area contributed by atoms with Gasteiger partial charge in [0.15, 0.2) is 0 Å². The molecule has 2 aromatic rings. The lowest BCUT2D eigenvalue weighted by atomic mass is 10.2. The van der Waals surface area contributed by atoms with Gasteiger partial charge in [-0.3, -0.25) is 0 Å². The molecule has 96 valence electrons. The van der Waals surface area contributed by atoms with Crippen molar-refractivity contribution in [2.24, 2.45) is 5.92 Å². The molecule has 6 heteroatoms. The standard InChI is InChI=1S/C12H15FN4S/c1-9(2)7-17-12(14-15-16-17)18-8-10-5-3-4-6-11(10)13/h3-6,9H,7-8H2,1-2H3. The monoisotopic (exact) mass is 266 g/mol. The van der Waals surface area contributed by atoms with Crippen LogP contribution in [0.3, 0.4) is 0 Å². The van der Waals surface area contributed by atoms with Gasteiger partial charge in [-0.25, -0.2) is 9.07 Å². The molecule has 4 nitrogen and oxygen atoms in total. The van der Waals surface area contributed by atoms with Crippen molar-refractivity contribution in [3.8, 4) is 0 Å². The first-order valence-electron chi connectivity index (χ1n) is 5.79. The van der Waals surface area contributed by atoms with Gasteiger partial charge in [-0.1, -0.05) is 43.8 Å². The van der Waals surface area contributed by atoms with Crippen LogP contribution in [-0.4, -0.2) is 20.2 Å². The number of thioether (sulfide) groups is 1. The zero-order valence-corrected chi connectivity index (χ0v) is 11.2. The Hall–Kier alpha value is -1.43. The van der Waals surface area contributed by atoms with Crippen LogP contribution in [0.15, 0.2) is 29.4 Å². The van der Waals surface area contributed by atoms with Gasteiger partial charge in [-0.15, -0.1) is 5.10 Å². The first-order chi connectivity index (χ1) is 8.66. The lowest BCUT2D eigenvalue weighted by Crippen LogP contribution is -2.07. The smallest absolute Gasteiger partial charge is 0.209 e. The van der Waals surface area contributed by atoms with Gasteiger partial charge in [0.05, 0.1) is 0 Å². The maximum Gasteiger partial charge on any atom is 0.209 e. The number of aromatic nitrogens is 4. The Balaban J connectivity index is 2.02. The van der Waals surface area contributed by atoms with Crippen LogP contribution in [0.25, 0.3) is 0 Å². The highest BCUT2D eigenvalue weighted by Gasteiger charge is 2.09. The summed E-state index contributed by atoms with van der Waals surface area (Å²) in [5.74, 6) is 0.819. The Morgan fingerprint density at radius 1 is 1.33 bits per heavy atom. The van der Waals surface area contributed by atoms with Crippen molar-refractivity contribution in [3.05, 3.63) is 35.6 Å². The van der Waals surface area contributed by atoms with Crippen LogP contribution >= 0.6 is 11.8 Å². The van der Waals surface area contributed by atoms with Crippen LogP contribution in [0.1, 0.15) is 19.4 Å². The topological polar surface area (TPSA) is 43.6 Å². The first-order valence-corrected chi connectivity index (χ1v) is 6.77. The van der Waals surface area contributed by atoms with Gasteiger partial charge in [0.2, 0.25) is 5.16 Å². The summed E-state index contributed by atoms with van der Waals surface area (Å²) in [6.45, 7) is 4.98. The Bertz CT molecular complexity index is 512. The number of rotatable bonds is 5. The summed E-state index contributed by atoms with van der Waals surface area (Å²) in [4.78, 5) is 0. The van der Waals surface area contributed by atoms with Crippen molar-refractivity contribution in [1.82, 2.24) is 20.2 Å². The summed E-state index contributed by atoms with van der Waals surface area (Å²) in [5, 5.41) is 12.3. The van der Waals surface area contributed by atoms with Gasteiger partial charge in [0.1, 0.15) is 5.82 Å². The summed E-state index contributed by atoms with van der Waals surface area (Å²) in [5.41, 5.74) is 0.668. The van der Waals surface area contributed by atoms with Gasteiger partial charge in [0, 0.05) is 12.3 Å². The number of nitrogens with zero attached hydrogens (tertiary/aromatic N) is 4. The summed E-state index contributed by atoms with van der Waals surface area (Å²) >= 11 is 1.45.